The highest BCUT2D eigenvalue weighted by Crippen LogP contribution is 2.26. The van der Waals surface area contributed by atoms with Crippen LogP contribution in [0, 0.1) is 6.92 Å². The van der Waals surface area contributed by atoms with Crippen LogP contribution in [0.5, 0.6) is 11.5 Å². The zero-order valence-electron chi connectivity index (χ0n) is 21.7. The molecule has 0 atom stereocenters. The highest BCUT2D eigenvalue weighted by molar-refractivity contribution is 7.92. The Labute approximate surface area is 228 Å². The second kappa shape index (κ2) is 12.7. The minimum Gasteiger partial charge on any atom is -0.497 e. The Balaban J connectivity index is 1.42. The lowest BCUT2D eigenvalue weighted by Gasteiger charge is -2.24. The summed E-state index contributed by atoms with van der Waals surface area (Å²) in [4.78, 5) is 12.8. The van der Waals surface area contributed by atoms with Gasteiger partial charge in [-0.25, -0.2) is 13.8 Å². The van der Waals surface area contributed by atoms with Gasteiger partial charge in [-0.3, -0.25) is 9.10 Å². The molecule has 0 bridgehead atoms. The van der Waals surface area contributed by atoms with Gasteiger partial charge in [0.1, 0.15) is 24.7 Å². The first-order valence-electron chi connectivity index (χ1n) is 12.2. The van der Waals surface area contributed by atoms with Crippen LogP contribution in [-0.2, 0) is 21.4 Å². The summed E-state index contributed by atoms with van der Waals surface area (Å²) < 4.78 is 38.9. The van der Waals surface area contributed by atoms with E-state index in [1.807, 2.05) is 61.5 Å². The second-order valence-electron chi connectivity index (χ2n) is 8.66. The molecule has 39 heavy (non-hydrogen) atoms. The summed E-state index contributed by atoms with van der Waals surface area (Å²) in [5.74, 6) is 0.675. The number of ether oxygens (including phenoxy) is 2. The number of sulfonamides is 1. The lowest BCUT2D eigenvalue weighted by molar-refractivity contribution is -0.119. The number of methoxy groups -OCH3 is 1. The highest BCUT2D eigenvalue weighted by atomic mass is 32.2. The van der Waals surface area contributed by atoms with Crippen molar-refractivity contribution in [3.8, 4) is 11.5 Å². The van der Waals surface area contributed by atoms with Gasteiger partial charge >= 0.3 is 0 Å². The lowest BCUT2D eigenvalue weighted by atomic mass is 10.2. The molecule has 0 heterocycles. The van der Waals surface area contributed by atoms with E-state index in [4.69, 9.17) is 9.47 Å². The normalized spacial score (nSPS) is 11.2. The Hall–Kier alpha value is -4.63. The molecule has 200 valence electrons. The van der Waals surface area contributed by atoms with Crippen molar-refractivity contribution in [2.24, 2.45) is 5.10 Å². The van der Waals surface area contributed by atoms with E-state index < -0.39 is 22.5 Å². The maximum Gasteiger partial charge on any atom is 0.264 e. The Morgan fingerprint density at radius 2 is 1.51 bits per heavy atom. The van der Waals surface area contributed by atoms with Crippen LogP contribution in [0.15, 0.2) is 113 Å². The van der Waals surface area contributed by atoms with Crippen LogP contribution in [-0.4, -0.2) is 34.2 Å². The van der Waals surface area contributed by atoms with Crippen LogP contribution < -0.4 is 19.2 Å². The maximum absolute atomic E-state index is 13.5. The fourth-order valence-electron chi connectivity index (χ4n) is 3.64. The van der Waals surface area contributed by atoms with Gasteiger partial charge in [0.2, 0.25) is 0 Å². The Kier molecular flexibility index (Phi) is 8.96. The van der Waals surface area contributed by atoms with Crippen molar-refractivity contribution in [3.63, 3.8) is 0 Å². The predicted molar refractivity (Wildman–Crippen MR) is 152 cm³/mol. The number of nitrogens with one attached hydrogen (secondary N) is 1. The molecule has 0 aromatic heterocycles. The molecular weight excluding hydrogens is 514 g/mol. The van der Waals surface area contributed by atoms with E-state index in [2.05, 4.69) is 10.5 Å². The number of carbonyl (C=O) groups excluding carboxylic acids is 1. The van der Waals surface area contributed by atoms with E-state index in [1.54, 1.807) is 36.4 Å². The Morgan fingerprint density at radius 3 is 2.15 bits per heavy atom. The van der Waals surface area contributed by atoms with Gasteiger partial charge in [-0.2, -0.15) is 5.10 Å². The van der Waals surface area contributed by atoms with Gasteiger partial charge < -0.3 is 9.47 Å². The monoisotopic (exact) mass is 543 g/mol. The first-order valence-corrected chi connectivity index (χ1v) is 13.6. The molecule has 4 aromatic carbocycles. The fourth-order valence-corrected chi connectivity index (χ4v) is 5.06. The topological polar surface area (TPSA) is 97.3 Å². The molecular formula is C30H29N3O5S. The van der Waals surface area contributed by atoms with Gasteiger partial charge in [0, 0.05) is 0 Å². The zero-order chi connectivity index (χ0) is 27.7. The Morgan fingerprint density at radius 1 is 0.872 bits per heavy atom. The predicted octanol–water partition coefficient (Wildman–Crippen LogP) is 4.93. The van der Waals surface area contributed by atoms with E-state index in [-0.39, 0.29) is 4.90 Å². The number of hydrazone groups is 1. The van der Waals surface area contributed by atoms with E-state index >= 15 is 0 Å². The van der Waals surface area contributed by atoms with Crippen molar-refractivity contribution < 1.29 is 22.7 Å². The molecule has 4 rings (SSSR count). The van der Waals surface area contributed by atoms with Crippen molar-refractivity contribution in [3.05, 3.63) is 120 Å². The number of hydrogen-bond acceptors (Lipinski definition) is 6. The summed E-state index contributed by atoms with van der Waals surface area (Å²) in [6, 6.07) is 30.0. The van der Waals surface area contributed by atoms with E-state index in [9.17, 15) is 13.2 Å². The van der Waals surface area contributed by atoms with Crippen LogP contribution >= 0.6 is 0 Å². The average Bonchev–Trinajstić information content (AvgIpc) is 2.96. The summed E-state index contributed by atoms with van der Waals surface area (Å²) in [6.45, 7) is 1.86. The minimum atomic E-state index is -4.03. The summed E-state index contributed by atoms with van der Waals surface area (Å²) in [6.07, 6.45) is 1.48. The van der Waals surface area contributed by atoms with Gasteiger partial charge in [-0.05, 0) is 78.7 Å². The fraction of sp³-hybridized carbons (Fsp3) is 0.133. The molecule has 0 spiro atoms. The van der Waals surface area contributed by atoms with Crippen LogP contribution in [0.3, 0.4) is 0 Å². The number of carbonyl (C=O) groups is 1. The molecule has 4 aromatic rings. The van der Waals surface area contributed by atoms with Crippen LogP contribution in [0.4, 0.5) is 5.69 Å². The molecule has 0 unspecified atom stereocenters. The number of nitrogens with zero attached hydrogens (tertiary/aromatic N) is 2. The maximum atomic E-state index is 13.5. The van der Waals surface area contributed by atoms with Crippen molar-refractivity contribution in [1.29, 1.82) is 0 Å². The molecule has 0 saturated carbocycles. The van der Waals surface area contributed by atoms with Gasteiger partial charge in [-0.15, -0.1) is 0 Å². The third kappa shape index (κ3) is 7.45. The molecule has 1 N–H and O–H groups in total. The summed E-state index contributed by atoms with van der Waals surface area (Å²) in [5, 5.41) is 4.00. The quantitative estimate of drug-likeness (QED) is 0.214. The van der Waals surface area contributed by atoms with Crippen molar-refractivity contribution >= 4 is 27.8 Å². The highest BCUT2D eigenvalue weighted by Gasteiger charge is 2.27. The van der Waals surface area contributed by atoms with Crippen molar-refractivity contribution in [2.45, 2.75) is 18.4 Å². The number of amides is 1. The summed E-state index contributed by atoms with van der Waals surface area (Å²) in [7, 11) is -2.51. The molecule has 9 heteroatoms. The van der Waals surface area contributed by atoms with Gasteiger partial charge in [0.15, 0.2) is 0 Å². The molecule has 0 aliphatic carbocycles. The summed E-state index contributed by atoms with van der Waals surface area (Å²) in [5.41, 5.74) is 5.47. The first kappa shape index (κ1) is 27.4. The van der Waals surface area contributed by atoms with Crippen LogP contribution in [0.2, 0.25) is 0 Å². The molecule has 1 amide bonds. The van der Waals surface area contributed by atoms with E-state index in [1.165, 1.54) is 25.5 Å². The van der Waals surface area contributed by atoms with E-state index in [0.29, 0.717) is 23.8 Å². The zero-order valence-corrected chi connectivity index (χ0v) is 22.5. The molecule has 8 nitrogen and oxygen atoms in total. The summed E-state index contributed by atoms with van der Waals surface area (Å²) >= 11 is 0. The third-order valence-corrected chi connectivity index (χ3v) is 7.58. The molecule has 0 radical (unpaired) electrons. The van der Waals surface area contributed by atoms with Gasteiger partial charge in [-0.1, -0.05) is 48.0 Å². The number of rotatable bonds is 11. The minimum absolute atomic E-state index is 0.0785. The largest absolute Gasteiger partial charge is 0.497 e. The third-order valence-electron chi connectivity index (χ3n) is 5.79. The number of benzene rings is 4. The van der Waals surface area contributed by atoms with Crippen LogP contribution in [0.1, 0.15) is 16.7 Å². The number of anilines is 1. The number of aryl methyl sites for hydroxylation is 1. The molecule has 0 saturated heterocycles. The average molecular weight is 544 g/mol. The Bertz CT molecular complexity index is 1500. The lowest BCUT2D eigenvalue weighted by Crippen LogP contribution is -2.39. The SMILES string of the molecule is COc1ccc(N(CC(=O)N/N=C\c2ccc(OCc3ccccc3)cc2)S(=O)(=O)c2ccc(C)cc2)cc1. The first-order chi connectivity index (χ1) is 18.8. The van der Waals surface area contributed by atoms with Crippen molar-refractivity contribution in [1.82, 2.24) is 5.43 Å². The van der Waals surface area contributed by atoms with Gasteiger partial charge in [0.25, 0.3) is 15.9 Å². The van der Waals surface area contributed by atoms with Crippen LogP contribution in [0.25, 0.3) is 0 Å². The standard InChI is InChI=1S/C30H29N3O5S/c1-23-8-18-29(19-9-23)39(35,36)33(26-12-16-27(37-2)17-13-26)21-30(34)32-31-20-24-10-14-28(15-11-24)38-22-25-6-4-3-5-7-25/h3-20H,21-22H2,1-2H3,(H,32,34)/b31-20-. The molecule has 0 aliphatic heterocycles. The van der Waals surface area contributed by atoms with E-state index in [0.717, 1.165) is 21.0 Å². The van der Waals surface area contributed by atoms with Crippen molar-refractivity contribution in [2.75, 3.05) is 18.0 Å². The molecule has 0 aliphatic rings. The second-order valence-corrected chi connectivity index (χ2v) is 10.5. The van der Waals surface area contributed by atoms with Gasteiger partial charge in [0.05, 0.1) is 23.9 Å². The number of hydrogen-bond donors (Lipinski definition) is 1. The molecule has 0 fully saturated rings. The smallest absolute Gasteiger partial charge is 0.264 e.